The van der Waals surface area contributed by atoms with Crippen molar-refractivity contribution in [3.05, 3.63) is 29.6 Å². The van der Waals surface area contributed by atoms with E-state index in [-0.39, 0.29) is 36.4 Å². The van der Waals surface area contributed by atoms with Crippen LogP contribution in [0.15, 0.2) is 23.1 Å². The van der Waals surface area contributed by atoms with Crippen LogP contribution in [0.25, 0.3) is 0 Å². The average molecular weight is 359 g/mol. The van der Waals surface area contributed by atoms with Gasteiger partial charge >= 0.3 is 5.97 Å². The molecular formula is C16H22FNO5S. The number of halogens is 1. The van der Waals surface area contributed by atoms with Crippen LogP contribution in [0.2, 0.25) is 0 Å². The summed E-state index contributed by atoms with van der Waals surface area (Å²) < 4.78 is 39.8. The van der Waals surface area contributed by atoms with E-state index in [1.54, 1.807) is 0 Å². The molecule has 0 bridgehead atoms. The summed E-state index contributed by atoms with van der Waals surface area (Å²) in [6.07, 6.45) is -0.393. The second kappa shape index (κ2) is 6.78. The maximum atomic E-state index is 13.2. The molecule has 0 saturated carbocycles. The fourth-order valence-corrected chi connectivity index (χ4v) is 4.96. The van der Waals surface area contributed by atoms with Gasteiger partial charge in [-0.15, -0.1) is 0 Å². The van der Waals surface area contributed by atoms with Crippen LogP contribution in [0.3, 0.4) is 0 Å². The van der Waals surface area contributed by atoms with Gasteiger partial charge in [-0.1, -0.05) is 13.3 Å². The van der Waals surface area contributed by atoms with Gasteiger partial charge in [0, 0.05) is 13.1 Å². The molecule has 24 heavy (non-hydrogen) atoms. The molecule has 6 nitrogen and oxygen atoms in total. The average Bonchev–Trinajstić information content (AvgIpc) is 2.48. The smallest absolute Gasteiger partial charge is 0.312 e. The summed E-state index contributed by atoms with van der Waals surface area (Å²) in [6, 6.07) is 3.39. The Labute approximate surface area is 141 Å². The fourth-order valence-electron chi connectivity index (χ4n) is 3.30. The van der Waals surface area contributed by atoms with E-state index in [9.17, 15) is 27.8 Å². The first-order valence-electron chi connectivity index (χ1n) is 7.83. The first kappa shape index (κ1) is 18.8. The van der Waals surface area contributed by atoms with E-state index in [0.717, 1.165) is 16.4 Å². The zero-order valence-corrected chi connectivity index (χ0v) is 14.5. The van der Waals surface area contributed by atoms with Gasteiger partial charge in [0.05, 0.1) is 16.4 Å². The van der Waals surface area contributed by atoms with Crippen molar-refractivity contribution in [2.75, 3.05) is 13.1 Å². The Balaban J connectivity index is 2.31. The van der Waals surface area contributed by atoms with Crippen molar-refractivity contribution in [3.8, 4) is 0 Å². The number of rotatable bonds is 5. The van der Waals surface area contributed by atoms with Crippen LogP contribution in [0.1, 0.15) is 31.7 Å². The molecule has 0 spiro atoms. The van der Waals surface area contributed by atoms with E-state index >= 15 is 0 Å². The lowest BCUT2D eigenvalue weighted by molar-refractivity contribution is -0.162. The second-order valence-corrected chi connectivity index (χ2v) is 8.16. The monoisotopic (exact) mass is 359 g/mol. The Kier molecular flexibility index (Phi) is 5.31. The summed E-state index contributed by atoms with van der Waals surface area (Å²) in [5.74, 6) is -1.63. The van der Waals surface area contributed by atoms with E-state index < -0.39 is 33.3 Å². The SMILES string of the molecule is CCC[C@]1(C(=O)O)CCN(S(=O)(=O)c2ccc(F)cc2C)C[C@@H]1O. The molecule has 2 atom stereocenters. The highest BCUT2D eigenvalue weighted by atomic mass is 32.2. The number of hydrogen-bond acceptors (Lipinski definition) is 4. The van der Waals surface area contributed by atoms with Gasteiger partial charge in [-0.2, -0.15) is 4.31 Å². The highest BCUT2D eigenvalue weighted by molar-refractivity contribution is 7.89. The molecule has 8 heteroatoms. The summed E-state index contributed by atoms with van der Waals surface area (Å²) in [4.78, 5) is 11.6. The van der Waals surface area contributed by atoms with Crippen LogP contribution in [-0.4, -0.2) is 48.1 Å². The molecule has 1 aliphatic heterocycles. The molecule has 0 amide bonds. The number of sulfonamides is 1. The highest BCUT2D eigenvalue weighted by Gasteiger charge is 2.50. The molecule has 2 rings (SSSR count). The van der Waals surface area contributed by atoms with Gasteiger partial charge in [-0.25, -0.2) is 12.8 Å². The van der Waals surface area contributed by atoms with Gasteiger partial charge in [0.25, 0.3) is 0 Å². The maximum Gasteiger partial charge on any atom is 0.312 e. The number of aryl methyl sites for hydroxylation is 1. The third-order valence-corrected chi connectivity index (χ3v) is 6.72. The molecule has 1 aromatic carbocycles. The van der Waals surface area contributed by atoms with Crippen LogP contribution in [0.4, 0.5) is 4.39 Å². The molecule has 1 fully saturated rings. The first-order chi connectivity index (χ1) is 11.1. The Morgan fingerprint density at radius 2 is 2.12 bits per heavy atom. The number of carboxylic acids is 1. The molecule has 1 aliphatic rings. The molecule has 0 aromatic heterocycles. The summed E-state index contributed by atoms with van der Waals surface area (Å²) >= 11 is 0. The van der Waals surface area contributed by atoms with Crippen molar-refractivity contribution in [1.29, 1.82) is 0 Å². The van der Waals surface area contributed by atoms with Gasteiger partial charge in [0.15, 0.2) is 0 Å². The van der Waals surface area contributed by atoms with Crippen LogP contribution < -0.4 is 0 Å². The number of hydrogen-bond donors (Lipinski definition) is 2. The quantitative estimate of drug-likeness (QED) is 0.835. The summed E-state index contributed by atoms with van der Waals surface area (Å²) in [6.45, 7) is 3.03. The van der Waals surface area contributed by atoms with Crippen molar-refractivity contribution in [1.82, 2.24) is 4.31 Å². The minimum absolute atomic E-state index is 0.00249. The summed E-state index contributed by atoms with van der Waals surface area (Å²) in [7, 11) is -3.92. The number of piperidine rings is 1. The second-order valence-electron chi connectivity index (χ2n) is 6.25. The van der Waals surface area contributed by atoms with Crippen molar-refractivity contribution in [2.24, 2.45) is 5.41 Å². The minimum atomic E-state index is -3.92. The van der Waals surface area contributed by atoms with Crippen molar-refractivity contribution in [3.63, 3.8) is 0 Å². The molecule has 0 unspecified atom stereocenters. The van der Waals surface area contributed by atoms with Crippen molar-refractivity contribution < 1.29 is 27.8 Å². The fraction of sp³-hybridized carbons (Fsp3) is 0.562. The van der Waals surface area contributed by atoms with Crippen molar-refractivity contribution >= 4 is 16.0 Å². The summed E-state index contributed by atoms with van der Waals surface area (Å²) in [5.41, 5.74) is -1.05. The van der Waals surface area contributed by atoms with Gasteiger partial charge in [-0.05, 0) is 43.5 Å². The van der Waals surface area contributed by atoms with Crippen LogP contribution in [0.5, 0.6) is 0 Å². The van der Waals surface area contributed by atoms with Crippen LogP contribution >= 0.6 is 0 Å². The lowest BCUT2D eigenvalue weighted by Gasteiger charge is -2.42. The van der Waals surface area contributed by atoms with Gasteiger partial charge < -0.3 is 10.2 Å². The number of β-amino-alcohol motifs (C(OH)–C–C–N with tert-alkyl or cyclic N) is 1. The van der Waals surface area contributed by atoms with Gasteiger partial charge in [-0.3, -0.25) is 4.79 Å². The molecule has 2 N–H and O–H groups in total. The number of nitrogens with zero attached hydrogens (tertiary/aromatic N) is 1. The third kappa shape index (κ3) is 3.18. The minimum Gasteiger partial charge on any atom is -0.481 e. The van der Waals surface area contributed by atoms with Gasteiger partial charge in [0.1, 0.15) is 5.82 Å². The Hall–Kier alpha value is -1.51. The number of carbonyl (C=O) groups is 1. The zero-order chi connectivity index (χ0) is 18.1. The molecule has 134 valence electrons. The standard InChI is InChI=1S/C16H22FNO5S/c1-3-6-16(15(20)21)7-8-18(10-14(16)19)24(22,23)13-5-4-12(17)9-11(13)2/h4-5,9,14,19H,3,6-8,10H2,1-2H3,(H,20,21)/t14-,16-/m0/s1. The Morgan fingerprint density at radius 1 is 1.46 bits per heavy atom. The number of aliphatic hydroxyl groups is 1. The Morgan fingerprint density at radius 3 is 2.62 bits per heavy atom. The highest BCUT2D eigenvalue weighted by Crippen LogP contribution is 2.38. The number of aliphatic hydroxyl groups excluding tert-OH is 1. The molecule has 0 radical (unpaired) electrons. The number of carboxylic acid groups (broad SMARTS) is 1. The predicted octanol–water partition coefficient (Wildman–Crippen LogP) is 1.76. The van der Waals surface area contributed by atoms with Crippen LogP contribution in [-0.2, 0) is 14.8 Å². The summed E-state index contributed by atoms with van der Waals surface area (Å²) in [5, 5.41) is 19.9. The lowest BCUT2D eigenvalue weighted by atomic mass is 9.73. The Bertz CT molecular complexity index is 736. The van der Waals surface area contributed by atoms with Crippen LogP contribution in [0, 0.1) is 18.2 Å². The van der Waals surface area contributed by atoms with E-state index in [2.05, 4.69) is 0 Å². The molecule has 0 aliphatic carbocycles. The number of aliphatic carboxylic acids is 1. The van der Waals surface area contributed by atoms with E-state index in [4.69, 9.17) is 0 Å². The van der Waals surface area contributed by atoms with E-state index in [1.807, 2.05) is 6.92 Å². The molecular weight excluding hydrogens is 337 g/mol. The normalized spacial score (nSPS) is 25.6. The first-order valence-corrected chi connectivity index (χ1v) is 9.27. The lowest BCUT2D eigenvalue weighted by Crippen LogP contribution is -2.55. The van der Waals surface area contributed by atoms with E-state index in [0.29, 0.717) is 6.42 Å². The molecule has 1 heterocycles. The zero-order valence-electron chi connectivity index (χ0n) is 13.7. The van der Waals surface area contributed by atoms with Crippen molar-refractivity contribution in [2.45, 2.75) is 44.1 Å². The van der Waals surface area contributed by atoms with Gasteiger partial charge in [0.2, 0.25) is 10.0 Å². The molecule has 1 aromatic rings. The maximum absolute atomic E-state index is 13.2. The predicted molar refractivity (Wildman–Crippen MR) is 85.5 cm³/mol. The topological polar surface area (TPSA) is 94.9 Å². The van der Waals surface area contributed by atoms with E-state index in [1.165, 1.54) is 13.0 Å². The number of benzene rings is 1. The third-order valence-electron chi connectivity index (χ3n) is 4.70. The molecule has 1 saturated heterocycles. The largest absolute Gasteiger partial charge is 0.481 e.